The number of imidazole rings is 1. The highest BCUT2D eigenvalue weighted by Gasteiger charge is 2.41. The Labute approximate surface area is 106 Å². The molecular weight excluding hydrogens is 226 g/mol. The van der Waals surface area contributed by atoms with Gasteiger partial charge < -0.3 is 15.2 Å². The molecule has 1 unspecified atom stereocenters. The molecule has 96 valence electrons. The summed E-state index contributed by atoms with van der Waals surface area (Å²) >= 11 is 0. The van der Waals surface area contributed by atoms with Crippen LogP contribution in [0.3, 0.4) is 0 Å². The molecule has 1 aliphatic carbocycles. The molecule has 3 N–H and O–H groups in total. The Bertz CT molecular complexity index is 510. The van der Waals surface area contributed by atoms with Gasteiger partial charge in [0.25, 0.3) is 0 Å². The Morgan fingerprint density at radius 2 is 2.17 bits per heavy atom. The second-order valence-corrected chi connectivity index (χ2v) is 5.31. The SMILES string of the molecule is NCC1(C(O)c2cn3ccccc3n2)CCCC1. The van der Waals surface area contributed by atoms with Gasteiger partial charge >= 0.3 is 0 Å². The van der Waals surface area contributed by atoms with E-state index in [9.17, 15) is 5.11 Å². The molecule has 4 nitrogen and oxygen atoms in total. The quantitative estimate of drug-likeness (QED) is 0.868. The highest BCUT2D eigenvalue weighted by molar-refractivity contribution is 5.40. The van der Waals surface area contributed by atoms with Gasteiger partial charge in [0.2, 0.25) is 0 Å². The molecule has 2 aromatic rings. The van der Waals surface area contributed by atoms with Crippen LogP contribution in [-0.4, -0.2) is 21.0 Å². The van der Waals surface area contributed by atoms with E-state index in [0.29, 0.717) is 6.54 Å². The summed E-state index contributed by atoms with van der Waals surface area (Å²) in [4.78, 5) is 4.51. The van der Waals surface area contributed by atoms with Gasteiger partial charge in [-0.1, -0.05) is 18.9 Å². The molecule has 4 heteroatoms. The smallest absolute Gasteiger partial charge is 0.137 e. The van der Waals surface area contributed by atoms with Crippen LogP contribution in [0.1, 0.15) is 37.5 Å². The van der Waals surface area contributed by atoms with Gasteiger partial charge in [0.15, 0.2) is 0 Å². The van der Waals surface area contributed by atoms with Crippen LogP contribution < -0.4 is 5.73 Å². The first-order chi connectivity index (χ1) is 8.75. The summed E-state index contributed by atoms with van der Waals surface area (Å²) in [6, 6.07) is 5.85. The number of aliphatic hydroxyl groups is 1. The number of fused-ring (bicyclic) bond motifs is 1. The van der Waals surface area contributed by atoms with Crippen LogP contribution in [-0.2, 0) is 0 Å². The van der Waals surface area contributed by atoms with Crippen molar-refractivity contribution in [3.05, 3.63) is 36.3 Å². The minimum absolute atomic E-state index is 0.169. The Balaban J connectivity index is 1.98. The van der Waals surface area contributed by atoms with E-state index in [4.69, 9.17) is 5.73 Å². The Hall–Kier alpha value is -1.39. The van der Waals surface area contributed by atoms with E-state index in [1.54, 1.807) is 0 Å². The van der Waals surface area contributed by atoms with Gasteiger partial charge in [0.1, 0.15) is 11.8 Å². The number of aliphatic hydroxyl groups excluding tert-OH is 1. The van der Waals surface area contributed by atoms with Gasteiger partial charge in [-0.3, -0.25) is 0 Å². The standard InChI is InChI=1S/C14H19N3O/c15-10-14(6-2-3-7-14)13(18)11-9-17-8-4-1-5-12(17)16-11/h1,4-5,8-9,13,18H,2-3,6-7,10,15H2. The summed E-state index contributed by atoms with van der Waals surface area (Å²) in [7, 11) is 0. The number of hydrogen-bond acceptors (Lipinski definition) is 3. The molecule has 1 fully saturated rings. The fourth-order valence-electron chi connectivity index (χ4n) is 3.07. The summed E-state index contributed by atoms with van der Waals surface area (Å²) < 4.78 is 1.94. The Morgan fingerprint density at radius 3 is 2.83 bits per heavy atom. The monoisotopic (exact) mass is 245 g/mol. The maximum atomic E-state index is 10.6. The molecule has 0 saturated heterocycles. The predicted molar refractivity (Wildman–Crippen MR) is 70.1 cm³/mol. The number of pyridine rings is 1. The average Bonchev–Trinajstić information content (AvgIpc) is 3.05. The van der Waals surface area contributed by atoms with Gasteiger partial charge in [0, 0.05) is 24.4 Å². The molecule has 0 bridgehead atoms. The highest BCUT2D eigenvalue weighted by Crippen LogP contribution is 2.46. The van der Waals surface area contributed by atoms with Crippen molar-refractivity contribution in [2.45, 2.75) is 31.8 Å². The van der Waals surface area contributed by atoms with Crippen molar-refractivity contribution in [1.29, 1.82) is 0 Å². The zero-order chi connectivity index (χ0) is 12.6. The maximum absolute atomic E-state index is 10.6. The van der Waals surface area contributed by atoms with Crippen LogP contribution in [0, 0.1) is 5.41 Å². The molecule has 2 aromatic heterocycles. The summed E-state index contributed by atoms with van der Waals surface area (Å²) in [5.41, 5.74) is 7.35. The Morgan fingerprint density at radius 1 is 1.39 bits per heavy atom. The minimum atomic E-state index is -0.551. The van der Waals surface area contributed by atoms with Crippen LogP contribution in [0.2, 0.25) is 0 Å². The van der Waals surface area contributed by atoms with E-state index in [1.165, 1.54) is 0 Å². The second-order valence-electron chi connectivity index (χ2n) is 5.31. The van der Waals surface area contributed by atoms with E-state index in [2.05, 4.69) is 4.98 Å². The third-order valence-electron chi connectivity index (χ3n) is 4.25. The first kappa shape index (κ1) is 11.7. The van der Waals surface area contributed by atoms with Crippen LogP contribution in [0.25, 0.3) is 5.65 Å². The highest BCUT2D eigenvalue weighted by atomic mass is 16.3. The molecule has 1 aliphatic rings. The van der Waals surface area contributed by atoms with E-state index in [1.807, 2.05) is 35.0 Å². The maximum Gasteiger partial charge on any atom is 0.137 e. The van der Waals surface area contributed by atoms with Gasteiger partial charge in [-0.15, -0.1) is 0 Å². The third kappa shape index (κ3) is 1.72. The normalized spacial score (nSPS) is 20.3. The number of hydrogen-bond donors (Lipinski definition) is 2. The van der Waals surface area contributed by atoms with E-state index in [-0.39, 0.29) is 5.41 Å². The zero-order valence-corrected chi connectivity index (χ0v) is 10.4. The molecule has 0 amide bonds. The van der Waals surface area contributed by atoms with Gasteiger partial charge in [-0.05, 0) is 25.0 Å². The summed E-state index contributed by atoms with van der Waals surface area (Å²) in [6.07, 6.45) is 7.61. The minimum Gasteiger partial charge on any atom is -0.386 e. The topological polar surface area (TPSA) is 63.5 Å². The fraction of sp³-hybridized carbons (Fsp3) is 0.500. The van der Waals surface area contributed by atoms with Crippen molar-refractivity contribution >= 4 is 5.65 Å². The zero-order valence-electron chi connectivity index (χ0n) is 10.4. The van der Waals surface area contributed by atoms with Crippen molar-refractivity contribution in [3.63, 3.8) is 0 Å². The second kappa shape index (κ2) is 4.37. The van der Waals surface area contributed by atoms with Gasteiger partial charge in [-0.2, -0.15) is 0 Å². The van der Waals surface area contributed by atoms with Crippen LogP contribution in [0.4, 0.5) is 0 Å². The van der Waals surface area contributed by atoms with Crippen LogP contribution in [0.15, 0.2) is 30.6 Å². The van der Waals surface area contributed by atoms with Crippen LogP contribution in [0.5, 0.6) is 0 Å². The lowest BCUT2D eigenvalue weighted by Crippen LogP contribution is -2.34. The number of nitrogens with zero attached hydrogens (tertiary/aromatic N) is 2. The lowest BCUT2D eigenvalue weighted by Gasteiger charge is -2.31. The predicted octanol–water partition coefficient (Wildman–Crippen LogP) is 1.89. The molecule has 0 spiro atoms. The fourth-order valence-corrected chi connectivity index (χ4v) is 3.07. The first-order valence-electron chi connectivity index (χ1n) is 6.57. The Kier molecular flexibility index (Phi) is 2.84. The van der Waals surface area contributed by atoms with Crippen molar-refractivity contribution < 1.29 is 5.11 Å². The van der Waals surface area contributed by atoms with Crippen LogP contribution >= 0.6 is 0 Å². The summed E-state index contributed by atoms with van der Waals surface area (Å²) in [5.74, 6) is 0. The molecule has 18 heavy (non-hydrogen) atoms. The van der Waals surface area contributed by atoms with E-state index < -0.39 is 6.10 Å². The molecule has 0 radical (unpaired) electrons. The number of rotatable bonds is 3. The van der Waals surface area contributed by atoms with Crippen molar-refractivity contribution in [1.82, 2.24) is 9.38 Å². The van der Waals surface area contributed by atoms with Crippen molar-refractivity contribution in [2.75, 3.05) is 6.54 Å². The average molecular weight is 245 g/mol. The van der Waals surface area contributed by atoms with Gasteiger partial charge in [-0.25, -0.2) is 4.98 Å². The lowest BCUT2D eigenvalue weighted by atomic mass is 9.79. The van der Waals surface area contributed by atoms with E-state index >= 15 is 0 Å². The molecule has 0 aliphatic heterocycles. The largest absolute Gasteiger partial charge is 0.386 e. The molecule has 3 rings (SSSR count). The molecule has 1 atom stereocenters. The van der Waals surface area contributed by atoms with Crippen molar-refractivity contribution in [3.8, 4) is 0 Å². The molecule has 1 saturated carbocycles. The lowest BCUT2D eigenvalue weighted by molar-refractivity contribution is 0.0304. The molecule has 0 aromatic carbocycles. The summed E-state index contributed by atoms with van der Waals surface area (Å²) in [5, 5.41) is 10.6. The summed E-state index contributed by atoms with van der Waals surface area (Å²) in [6.45, 7) is 0.530. The van der Waals surface area contributed by atoms with Crippen molar-refractivity contribution in [2.24, 2.45) is 11.1 Å². The number of nitrogens with two attached hydrogens (primary N) is 1. The number of aromatic nitrogens is 2. The molecular formula is C14H19N3O. The van der Waals surface area contributed by atoms with Gasteiger partial charge in [0.05, 0.1) is 5.69 Å². The van der Waals surface area contributed by atoms with E-state index in [0.717, 1.165) is 37.0 Å². The molecule has 2 heterocycles. The first-order valence-corrected chi connectivity index (χ1v) is 6.57. The third-order valence-corrected chi connectivity index (χ3v) is 4.25.